The Morgan fingerprint density at radius 2 is 2.19 bits per heavy atom. The monoisotopic (exact) mass is 284 g/mol. The van der Waals surface area contributed by atoms with E-state index in [0.29, 0.717) is 6.54 Å². The SMILES string of the molecule is CC(=O)Nc1ccc(Br)cc1CCCCN. The lowest BCUT2D eigenvalue weighted by Gasteiger charge is -2.10. The fourth-order valence-corrected chi connectivity index (χ4v) is 1.95. The summed E-state index contributed by atoms with van der Waals surface area (Å²) in [7, 11) is 0. The standard InChI is InChI=1S/C12H17BrN2O/c1-9(16)15-12-6-5-11(13)8-10(12)4-2-3-7-14/h5-6,8H,2-4,7,14H2,1H3,(H,15,16). The van der Waals surface area contributed by atoms with Crippen molar-refractivity contribution in [3.63, 3.8) is 0 Å². The average molecular weight is 285 g/mol. The number of nitrogens with one attached hydrogen (secondary N) is 1. The van der Waals surface area contributed by atoms with Crippen LogP contribution in [0.5, 0.6) is 0 Å². The first-order valence-electron chi connectivity index (χ1n) is 5.39. The van der Waals surface area contributed by atoms with Crippen LogP contribution in [0.25, 0.3) is 0 Å². The summed E-state index contributed by atoms with van der Waals surface area (Å²) in [5, 5.41) is 2.84. The highest BCUT2D eigenvalue weighted by Crippen LogP contribution is 2.22. The predicted octanol–water partition coefficient (Wildman–Crippen LogP) is 2.69. The van der Waals surface area contributed by atoms with Crippen LogP contribution in [0, 0.1) is 0 Å². The number of unbranched alkanes of at least 4 members (excludes halogenated alkanes) is 1. The molecule has 1 rings (SSSR count). The molecule has 0 saturated carbocycles. The first-order valence-corrected chi connectivity index (χ1v) is 6.19. The minimum Gasteiger partial charge on any atom is -0.330 e. The van der Waals surface area contributed by atoms with Gasteiger partial charge in [-0.15, -0.1) is 0 Å². The van der Waals surface area contributed by atoms with Gasteiger partial charge in [0.05, 0.1) is 0 Å². The molecule has 0 aliphatic heterocycles. The largest absolute Gasteiger partial charge is 0.330 e. The van der Waals surface area contributed by atoms with Crippen molar-refractivity contribution in [1.29, 1.82) is 0 Å². The number of aryl methyl sites for hydroxylation is 1. The summed E-state index contributed by atoms with van der Waals surface area (Å²) in [5.41, 5.74) is 7.51. The fraction of sp³-hybridized carbons (Fsp3) is 0.417. The zero-order valence-electron chi connectivity index (χ0n) is 9.42. The van der Waals surface area contributed by atoms with Gasteiger partial charge in [0.1, 0.15) is 0 Å². The third-order valence-corrected chi connectivity index (χ3v) is 2.77. The minimum atomic E-state index is -0.0394. The van der Waals surface area contributed by atoms with Crippen LogP contribution in [0.4, 0.5) is 5.69 Å². The van der Waals surface area contributed by atoms with E-state index in [2.05, 4.69) is 21.2 Å². The lowest BCUT2D eigenvalue weighted by Crippen LogP contribution is -2.08. The van der Waals surface area contributed by atoms with Crippen molar-refractivity contribution in [2.75, 3.05) is 11.9 Å². The molecule has 1 aromatic rings. The normalized spacial score (nSPS) is 10.2. The topological polar surface area (TPSA) is 55.1 Å². The molecule has 0 aliphatic carbocycles. The summed E-state index contributed by atoms with van der Waals surface area (Å²) in [5.74, 6) is -0.0394. The number of anilines is 1. The first-order chi connectivity index (χ1) is 7.63. The van der Waals surface area contributed by atoms with Gasteiger partial charge >= 0.3 is 0 Å². The van der Waals surface area contributed by atoms with Crippen LogP contribution in [0.1, 0.15) is 25.3 Å². The predicted molar refractivity (Wildman–Crippen MR) is 70.4 cm³/mol. The molecular formula is C12H17BrN2O. The molecule has 0 radical (unpaired) electrons. The van der Waals surface area contributed by atoms with Crippen LogP contribution >= 0.6 is 15.9 Å². The third kappa shape index (κ3) is 4.33. The Morgan fingerprint density at radius 3 is 2.81 bits per heavy atom. The number of hydrogen-bond donors (Lipinski definition) is 2. The zero-order valence-corrected chi connectivity index (χ0v) is 11.0. The number of halogens is 1. The van der Waals surface area contributed by atoms with Crippen molar-refractivity contribution in [3.05, 3.63) is 28.2 Å². The van der Waals surface area contributed by atoms with Crippen molar-refractivity contribution < 1.29 is 4.79 Å². The van der Waals surface area contributed by atoms with E-state index >= 15 is 0 Å². The molecule has 0 fully saturated rings. The lowest BCUT2D eigenvalue weighted by molar-refractivity contribution is -0.114. The number of hydrogen-bond acceptors (Lipinski definition) is 2. The molecular weight excluding hydrogens is 268 g/mol. The van der Waals surface area contributed by atoms with Gasteiger partial charge in [-0.1, -0.05) is 15.9 Å². The highest BCUT2D eigenvalue weighted by Gasteiger charge is 2.04. The maximum Gasteiger partial charge on any atom is 0.221 e. The average Bonchev–Trinajstić information content (AvgIpc) is 2.22. The van der Waals surface area contributed by atoms with E-state index in [9.17, 15) is 4.79 Å². The highest BCUT2D eigenvalue weighted by molar-refractivity contribution is 9.10. The van der Waals surface area contributed by atoms with Gasteiger partial charge in [0, 0.05) is 17.1 Å². The molecule has 0 aromatic heterocycles. The Kier molecular flexibility index (Phi) is 5.49. The molecule has 1 amide bonds. The maximum atomic E-state index is 11.0. The molecule has 4 heteroatoms. The summed E-state index contributed by atoms with van der Waals surface area (Å²) in [6.45, 7) is 2.23. The van der Waals surface area contributed by atoms with E-state index in [1.165, 1.54) is 6.92 Å². The molecule has 16 heavy (non-hydrogen) atoms. The van der Waals surface area contributed by atoms with Crippen molar-refractivity contribution >= 4 is 27.5 Å². The Bertz CT molecular complexity index is 366. The molecule has 3 N–H and O–H groups in total. The van der Waals surface area contributed by atoms with E-state index in [-0.39, 0.29) is 5.91 Å². The lowest BCUT2D eigenvalue weighted by atomic mass is 10.1. The van der Waals surface area contributed by atoms with E-state index in [1.54, 1.807) is 0 Å². The van der Waals surface area contributed by atoms with Crippen molar-refractivity contribution in [2.24, 2.45) is 5.73 Å². The van der Waals surface area contributed by atoms with Crippen LogP contribution in [0.3, 0.4) is 0 Å². The molecule has 88 valence electrons. The quantitative estimate of drug-likeness (QED) is 0.817. The minimum absolute atomic E-state index is 0.0394. The molecule has 0 heterocycles. The molecule has 0 saturated heterocycles. The second-order valence-corrected chi connectivity index (χ2v) is 4.64. The number of carbonyl (C=O) groups excluding carboxylic acids is 1. The van der Waals surface area contributed by atoms with Gasteiger partial charge in [-0.05, 0) is 49.6 Å². The number of nitrogens with two attached hydrogens (primary N) is 1. The maximum absolute atomic E-state index is 11.0. The summed E-state index contributed by atoms with van der Waals surface area (Å²) >= 11 is 3.43. The van der Waals surface area contributed by atoms with Crippen LogP contribution < -0.4 is 11.1 Å². The molecule has 0 bridgehead atoms. The second-order valence-electron chi connectivity index (χ2n) is 3.73. The fourth-order valence-electron chi connectivity index (χ4n) is 1.54. The summed E-state index contributed by atoms with van der Waals surface area (Å²) in [6, 6.07) is 5.89. The molecule has 3 nitrogen and oxygen atoms in total. The molecule has 0 atom stereocenters. The van der Waals surface area contributed by atoms with Crippen molar-refractivity contribution in [1.82, 2.24) is 0 Å². The molecule has 0 aliphatic rings. The number of carbonyl (C=O) groups is 1. The van der Waals surface area contributed by atoms with Crippen molar-refractivity contribution in [3.8, 4) is 0 Å². The number of benzene rings is 1. The van der Waals surface area contributed by atoms with Gasteiger partial charge in [0.25, 0.3) is 0 Å². The van der Waals surface area contributed by atoms with Gasteiger partial charge in [-0.3, -0.25) is 4.79 Å². The summed E-state index contributed by atoms with van der Waals surface area (Å²) in [6.07, 6.45) is 2.98. The number of amides is 1. The van der Waals surface area contributed by atoms with Crippen molar-refractivity contribution in [2.45, 2.75) is 26.2 Å². The Morgan fingerprint density at radius 1 is 1.44 bits per heavy atom. The van der Waals surface area contributed by atoms with Crippen LogP contribution in [-0.2, 0) is 11.2 Å². The molecule has 0 spiro atoms. The van der Waals surface area contributed by atoms with Gasteiger partial charge < -0.3 is 11.1 Å². The van der Waals surface area contributed by atoms with E-state index in [4.69, 9.17) is 5.73 Å². The third-order valence-electron chi connectivity index (χ3n) is 2.28. The van der Waals surface area contributed by atoms with Gasteiger partial charge in [-0.25, -0.2) is 0 Å². The Hall–Kier alpha value is -0.870. The molecule has 1 aromatic carbocycles. The van der Waals surface area contributed by atoms with Gasteiger partial charge in [0.2, 0.25) is 5.91 Å². The van der Waals surface area contributed by atoms with Gasteiger partial charge in [0.15, 0.2) is 0 Å². The van der Waals surface area contributed by atoms with Crippen LogP contribution in [-0.4, -0.2) is 12.5 Å². The Balaban J connectivity index is 2.76. The molecule has 0 unspecified atom stereocenters. The van der Waals surface area contributed by atoms with E-state index in [1.807, 2.05) is 18.2 Å². The second kappa shape index (κ2) is 6.66. The van der Waals surface area contributed by atoms with Crippen LogP contribution in [0.2, 0.25) is 0 Å². The smallest absolute Gasteiger partial charge is 0.221 e. The summed E-state index contributed by atoms with van der Waals surface area (Å²) in [4.78, 5) is 11.0. The highest BCUT2D eigenvalue weighted by atomic mass is 79.9. The van der Waals surface area contributed by atoms with Gasteiger partial charge in [-0.2, -0.15) is 0 Å². The van der Waals surface area contributed by atoms with E-state index in [0.717, 1.165) is 35.0 Å². The first kappa shape index (κ1) is 13.2. The van der Waals surface area contributed by atoms with E-state index < -0.39 is 0 Å². The van der Waals surface area contributed by atoms with Crippen LogP contribution in [0.15, 0.2) is 22.7 Å². The zero-order chi connectivity index (χ0) is 12.0. The summed E-state index contributed by atoms with van der Waals surface area (Å²) < 4.78 is 1.03. The number of rotatable bonds is 5. The Labute approximate surface area is 105 Å².